The third-order valence-electron chi connectivity index (χ3n) is 0.543. The second kappa shape index (κ2) is 5.82. The van der Waals surface area contributed by atoms with Crippen molar-refractivity contribution < 1.29 is 34.7 Å². The summed E-state index contributed by atoms with van der Waals surface area (Å²) < 4.78 is 33.5. The van der Waals surface area contributed by atoms with Crippen LogP contribution >= 0.6 is 11.9 Å². The second-order valence-corrected chi connectivity index (χ2v) is 2.41. The number of rotatable bonds is 2. The van der Waals surface area contributed by atoms with Gasteiger partial charge in [-0.15, -0.1) is 4.39 Å². The van der Waals surface area contributed by atoms with Gasteiger partial charge in [0, 0.05) is 0 Å². The van der Waals surface area contributed by atoms with Crippen LogP contribution in [0.4, 0.5) is 18.0 Å². The standard InChI is InChI=1S/C3H4F3NOS.ClH/c1-7(3(6)8)9-2(4)5;/h2H,1H3;1H. The molecule has 0 bridgehead atoms. The summed E-state index contributed by atoms with van der Waals surface area (Å²) >= 11 is -0.0787. The lowest BCUT2D eigenvalue weighted by atomic mass is 11.2. The molecule has 0 radical (unpaired) electrons. The van der Waals surface area contributed by atoms with Crippen LogP contribution in [0, 0.1) is 0 Å². The van der Waals surface area contributed by atoms with E-state index in [4.69, 9.17) is 0 Å². The van der Waals surface area contributed by atoms with Gasteiger partial charge < -0.3 is 12.4 Å². The van der Waals surface area contributed by atoms with E-state index in [1.54, 1.807) is 0 Å². The van der Waals surface area contributed by atoms with Crippen molar-refractivity contribution in [2.24, 2.45) is 0 Å². The predicted molar refractivity (Wildman–Crippen MR) is 27.0 cm³/mol. The summed E-state index contributed by atoms with van der Waals surface area (Å²) in [5, 5.41) is 0. The summed E-state index contributed by atoms with van der Waals surface area (Å²) in [6, 6.07) is 0. The number of halogens is 4. The number of hydrogen-bond donors (Lipinski definition) is 1. The van der Waals surface area contributed by atoms with Gasteiger partial charge >= 0.3 is 11.9 Å². The number of nitrogens with one attached hydrogen (secondary N) is 1. The molecule has 1 N–H and O–H groups in total. The maximum atomic E-state index is 11.4. The molecular formula is C3H5ClF3NOS. The molecule has 10 heavy (non-hydrogen) atoms. The van der Waals surface area contributed by atoms with Crippen LogP contribution < -0.4 is 16.7 Å². The molecule has 0 aliphatic carbocycles. The Hall–Kier alpha value is 0.0600. The number of amides is 1. The fourth-order valence-corrected chi connectivity index (χ4v) is 0.540. The Morgan fingerprint density at radius 3 is 2.10 bits per heavy atom. The topological polar surface area (TPSA) is 21.5 Å². The van der Waals surface area contributed by atoms with Gasteiger partial charge in [0.15, 0.2) is 11.9 Å². The smallest absolute Gasteiger partial charge is 0.515 e. The zero-order chi connectivity index (χ0) is 7.44. The molecule has 0 aromatic rings. The van der Waals surface area contributed by atoms with E-state index in [2.05, 4.69) is 0 Å². The van der Waals surface area contributed by atoms with E-state index in [1.165, 1.54) is 0 Å². The van der Waals surface area contributed by atoms with E-state index >= 15 is 0 Å². The molecule has 0 fully saturated rings. The minimum atomic E-state index is -2.72. The molecular weight excluding hydrogens is 191 g/mol. The van der Waals surface area contributed by atoms with Crippen molar-refractivity contribution in [2.45, 2.75) is 5.76 Å². The molecule has 2 nitrogen and oxygen atoms in total. The number of hydrogen-bond acceptors (Lipinski definition) is 2. The molecule has 0 saturated carbocycles. The van der Waals surface area contributed by atoms with Crippen LogP contribution in [0.25, 0.3) is 0 Å². The van der Waals surface area contributed by atoms with E-state index < -0.39 is 16.2 Å². The van der Waals surface area contributed by atoms with Crippen molar-refractivity contribution >= 4 is 18.1 Å². The lowest BCUT2D eigenvalue weighted by Crippen LogP contribution is -3.04. The molecule has 0 aromatic carbocycles. The summed E-state index contributed by atoms with van der Waals surface area (Å²) in [7, 11) is 1.01. The van der Waals surface area contributed by atoms with Gasteiger partial charge in [-0.3, -0.25) is 0 Å². The molecule has 1 amide bonds. The van der Waals surface area contributed by atoms with E-state index in [0.29, 0.717) is 0 Å². The highest BCUT2D eigenvalue weighted by atomic mass is 35.5. The normalized spacial score (nSPS) is 12.5. The van der Waals surface area contributed by atoms with E-state index in [1.807, 2.05) is 0 Å². The molecule has 0 heterocycles. The average Bonchev–Trinajstić information content (AvgIpc) is 1.63. The van der Waals surface area contributed by atoms with Crippen LogP contribution in [-0.4, -0.2) is 19.0 Å². The highest BCUT2D eigenvalue weighted by Crippen LogP contribution is 2.03. The van der Waals surface area contributed by atoms with Gasteiger partial charge in [0.05, 0.1) is 7.05 Å². The molecule has 0 rings (SSSR count). The molecule has 0 aliphatic heterocycles. The number of alkyl halides is 2. The van der Waals surface area contributed by atoms with Gasteiger partial charge in [0.25, 0.3) is 0 Å². The summed E-state index contributed by atoms with van der Waals surface area (Å²) in [5.41, 5.74) is 0. The fraction of sp³-hybridized carbons (Fsp3) is 0.667. The van der Waals surface area contributed by atoms with Crippen LogP contribution in [0.5, 0.6) is 0 Å². The third kappa shape index (κ3) is 6.18. The Kier molecular flexibility index (Phi) is 7.39. The quantitative estimate of drug-likeness (QED) is 0.298. The van der Waals surface area contributed by atoms with Crippen molar-refractivity contribution in [2.75, 3.05) is 7.05 Å². The zero-order valence-electron chi connectivity index (χ0n) is 4.91. The summed E-state index contributed by atoms with van der Waals surface area (Å²) in [6.45, 7) is 0. The van der Waals surface area contributed by atoms with Gasteiger partial charge in [-0.2, -0.15) is 17.9 Å². The minimum absolute atomic E-state index is 0. The SMILES string of the molecule is C[NH+](SC(F)F)C(=O)F.[Cl-]. The van der Waals surface area contributed by atoms with E-state index in [9.17, 15) is 18.0 Å². The lowest BCUT2D eigenvalue weighted by molar-refractivity contribution is -0.640. The van der Waals surface area contributed by atoms with E-state index in [-0.39, 0.29) is 24.4 Å². The van der Waals surface area contributed by atoms with Gasteiger partial charge in [0.1, 0.15) is 0 Å². The first-order valence-electron chi connectivity index (χ1n) is 2.02. The second-order valence-electron chi connectivity index (χ2n) is 1.21. The Labute approximate surface area is 66.3 Å². The molecule has 1 atom stereocenters. The first kappa shape index (κ1) is 12.7. The Morgan fingerprint density at radius 2 is 2.00 bits per heavy atom. The molecule has 0 saturated heterocycles. The fourth-order valence-electron chi connectivity index (χ4n) is 0.180. The largest absolute Gasteiger partial charge is 1.00 e. The van der Waals surface area contributed by atoms with Crippen LogP contribution in [0.15, 0.2) is 0 Å². The predicted octanol–water partition coefficient (Wildman–Crippen LogP) is -2.53. The summed E-state index contributed by atoms with van der Waals surface area (Å²) in [6.07, 6.45) is -1.79. The molecule has 1 unspecified atom stereocenters. The first-order valence-corrected chi connectivity index (χ1v) is 2.90. The number of carbonyl (C=O) groups excluding carboxylic acids is 1. The van der Waals surface area contributed by atoms with Crippen LogP contribution in [0.2, 0.25) is 0 Å². The lowest BCUT2D eigenvalue weighted by Gasteiger charge is -1.99. The van der Waals surface area contributed by atoms with Gasteiger partial charge in [-0.1, -0.05) is 0 Å². The highest BCUT2D eigenvalue weighted by Gasteiger charge is 2.20. The zero-order valence-corrected chi connectivity index (χ0v) is 6.48. The first-order chi connectivity index (χ1) is 4.04. The molecule has 0 aliphatic rings. The highest BCUT2D eigenvalue weighted by molar-refractivity contribution is 7.93. The minimum Gasteiger partial charge on any atom is -1.00 e. The molecule has 62 valence electrons. The number of quaternary nitrogens is 1. The van der Waals surface area contributed by atoms with Crippen molar-refractivity contribution in [3.8, 4) is 0 Å². The van der Waals surface area contributed by atoms with Gasteiger partial charge in [0.2, 0.25) is 0 Å². The van der Waals surface area contributed by atoms with E-state index in [0.717, 1.165) is 7.05 Å². The molecule has 0 spiro atoms. The van der Waals surface area contributed by atoms with Crippen molar-refractivity contribution in [3.63, 3.8) is 0 Å². The van der Waals surface area contributed by atoms with Gasteiger partial charge in [-0.05, 0) is 0 Å². The average molecular weight is 196 g/mol. The van der Waals surface area contributed by atoms with Crippen molar-refractivity contribution in [3.05, 3.63) is 0 Å². The third-order valence-corrected chi connectivity index (χ3v) is 1.23. The Balaban J connectivity index is 0. The van der Waals surface area contributed by atoms with Crippen LogP contribution in [-0.2, 0) is 0 Å². The maximum absolute atomic E-state index is 11.4. The molecule has 0 aromatic heterocycles. The van der Waals surface area contributed by atoms with Crippen molar-refractivity contribution in [1.82, 2.24) is 0 Å². The van der Waals surface area contributed by atoms with Crippen LogP contribution in [0.1, 0.15) is 0 Å². The van der Waals surface area contributed by atoms with Gasteiger partial charge in [-0.25, -0.2) is 0 Å². The van der Waals surface area contributed by atoms with Crippen LogP contribution in [0.3, 0.4) is 0 Å². The number of carbonyl (C=O) groups is 1. The Morgan fingerprint density at radius 1 is 1.60 bits per heavy atom. The van der Waals surface area contributed by atoms with Crippen molar-refractivity contribution in [1.29, 1.82) is 0 Å². The maximum Gasteiger partial charge on any atom is 0.515 e. The molecule has 7 heteroatoms. The Bertz CT molecular complexity index is 114. The summed E-state index contributed by atoms with van der Waals surface area (Å²) in [4.78, 5) is 9.62. The monoisotopic (exact) mass is 195 g/mol. The summed E-state index contributed by atoms with van der Waals surface area (Å²) in [5.74, 6) is -2.72.